The Bertz CT molecular complexity index is 848. The van der Waals surface area contributed by atoms with Gasteiger partial charge in [0.05, 0.1) is 22.3 Å². The normalized spacial score (nSPS) is 10.0. The van der Waals surface area contributed by atoms with Crippen molar-refractivity contribution < 1.29 is 0 Å². The van der Waals surface area contributed by atoms with Gasteiger partial charge < -0.3 is 0 Å². The van der Waals surface area contributed by atoms with E-state index in [1.165, 1.54) is 0 Å². The Morgan fingerprint density at radius 1 is 0.947 bits per heavy atom. The third-order valence-corrected chi connectivity index (χ3v) is 2.85. The standard InChI is InChI=1S/C14H7N5/c15-8-10-4-3-7-13(11(10)9-16)19-14-6-2-1-5-12(14)17-18-19/h1-7H. The molecule has 0 amide bonds. The second-order valence-electron chi connectivity index (χ2n) is 3.91. The Morgan fingerprint density at radius 2 is 1.79 bits per heavy atom. The van der Waals surface area contributed by atoms with Gasteiger partial charge in [-0.3, -0.25) is 0 Å². The Morgan fingerprint density at radius 3 is 2.58 bits per heavy atom. The SMILES string of the molecule is N#Cc1cccc(-n2nnc3ccccc32)c1C#N. The number of hydrogen-bond donors (Lipinski definition) is 0. The predicted molar refractivity (Wildman–Crippen MR) is 68.3 cm³/mol. The van der Waals surface area contributed by atoms with E-state index in [0.29, 0.717) is 16.8 Å². The quantitative estimate of drug-likeness (QED) is 0.658. The molecule has 0 atom stereocenters. The van der Waals surface area contributed by atoms with Crippen LogP contribution >= 0.6 is 0 Å². The molecule has 3 aromatic rings. The van der Waals surface area contributed by atoms with E-state index in [4.69, 9.17) is 5.26 Å². The minimum Gasteiger partial charge on any atom is -0.211 e. The highest BCUT2D eigenvalue weighted by atomic mass is 15.4. The van der Waals surface area contributed by atoms with E-state index >= 15 is 0 Å². The predicted octanol–water partition coefficient (Wildman–Crippen LogP) is 2.16. The molecule has 0 saturated heterocycles. The van der Waals surface area contributed by atoms with Gasteiger partial charge in [-0.15, -0.1) is 5.10 Å². The molecule has 0 aliphatic carbocycles. The van der Waals surface area contributed by atoms with Crippen LogP contribution in [0.2, 0.25) is 0 Å². The molecule has 0 unspecified atom stereocenters. The summed E-state index contributed by atoms with van der Waals surface area (Å²) in [4.78, 5) is 0. The third-order valence-electron chi connectivity index (χ3n) is 2.85. The van der Waals surface area contributed by atoms with Gasteiger partial charge in [0.15, 0.2) is 0 Å². The Balaban J connectivity index is 2.35. The van der Waals surface area contributed by atoms with Gasteiger partial charge in [-0.1, -0.05) is 23.4 Å². The molecule has 1 heterocycles. The smallest absolute Gasteiger partial charge is 0.113 e. The first kappa shape index (κ1) is 10.9. The van der Waals surface area contributed by atoms with Crippen molar-refractivity contribution in [2.75, 3.05) is 0 Å². The maximum atomic E-state index is 9.24. The minimum absolute atomic E-state index is 0.306. The number of nitrogens with zero attached hydrogens (tertiary/aromatic N) is 5. The van der Waals surface area contributed by atoms with Crippen LogP contribution in [0.1, 0.15) is 11.1 Å². The van der Waals surface area contributed by atoms with E-state index in [2.05, 4.69) is 16.4 Å². The number of para-hydroxylation sites is 1. The number of hydrogen-bond acceptors (Lipinski definition) is 4. The lowest BCUT2D eigenvalue weighted by atomic mass is 10.1. The Labute approximate surface area is 108 Å². The fraction of sp³-hybridized carbons (Fsp3) is 0. The molecule has 0 fully saturated rings. The molecule has 2 aromatic carbocycles. The number of rotatable bonds is 1. The van der Waals surface area contributed by atoms with E-state index in [0.717, 1.165) is 11.0 Å². The summed E-state index contributed by atoms with van der Waals surface area (Å²) < 4.78 is 1.58. The van der Waals surface area contributed by atoms with Crippen molar-refractivity contribution in [1.29, 1.82) is 10.5 Å². The largest absolute Gasteiger partial charge is 0.211 e. The molecule has 0 aliphatic rings. The average Bonchev–Trinajstić information content (AvgIpc) is 2.90. The Hall–Kier alpha value is -3.18. The molecule has 19 heavy (non-hydrogen) atoms. The van der Waals surface area contributed by atoms with Gasteiger partial charge in [0.25, 0.3) is 0 Å². The summed E-state index contributed by atoms with van der Waals surface area (Å²) in [5.41, 5.74) is 2.75. The van der Waals surface area contributed by atoms with Crippen molar-refractivity contribution in [2.45, 2.75) is 0 Å². The molecule has 0 bridgehead atoms. The zero-order valence-corrected chi connectivity index (χ0v) is 9.78. The van der Waals surface area contributed by atoms with E-state index < -0.39 is 0 Å². The minimum atomic E-state index is 0.306. The molecule has 3 rings (SSSR count). The number of nitriles is 2. The van der Waals surface area contributed by atoms with Crippen molar-refractivity contribution in [2.24, 2.45) is 0 Å². The lowest BCUT2D eigenvalue weighted by molar-refractivity contribution is 0.821. The topological polar surface area (TPSA) is 78.3 Å². The van der Waals surface area contributed by atoms with E-state index in [-0.39, 0.29) is 0 Å². The highest BCUT2D eigenvalue weighted by Gasteiger charge is 2.13. The fourth-order valence-electron chi connectivity index (χ4n) is 1.97. The molecule has 0 aliphatic heterocycles. The van der Waals surface area contributed by atoms with Gasteiger partial charge in [-0.2, -0.15) is 10.5 Å². The Kier molecular flexibility index (Phi) is 2.45. The van der Waals surface area contributed by atoms with Crippen LogP contribution in [0.4, 0.5) is 0 Å². The lowest BCUT2D eigenvalue weighted by Crippen LogP contribution is -2.01. The molecule has 88 valence electrons. The van der Waals surface area contributed by atoms with Crippen LogP contribution in [0.25, 0.3) is 16.7 Å². The van der Waals surface area contributed by atoms with Gasteiger partial charge in [0, 0.05) is 0 Å². The van der Waals surface area contributed by atoms with Crippen molar-refractivity contribution >= 4 is 11.0 Å². The first-order valence-electron chi connectivity index (χ1n) is 5.59. The molecule has 0 N–H and O–H groups in total. The summed E-state index contributed by atoms with van der Waals surface area (Å²) in [5.74, 6) is 0. The summed E-state index contributed by atoms with van der Waals surface area (Å²) in [7, 11) is 0. The molecule has 0 radical (unpaired) electrons. The molecule has 0 spiro atoms. The lowest BCUT2D eigenvalue weighted by Gasteiger charge is -2.05. The van der Waals surface area contributed by atoms with E-state index in [1.807, 2.05) is 30.3 Å². The van der Waals surface area contributed by atoms with E-state index in [1.54, 1.807) is 22.9 Å². The average molecular weight is 245 g/mol. The van der Waals surface area contributed by atoms with Crippen molar-refractivity contribution in [3.05, 3.63) is 53.6 Å². The first-order valence-corrected chi connectivity index (χ1v) is 5.59. The van der Waals surface area contributed by atoms with Gasteiger partial charge in [-0.05, 0) is 24.3 Å². The van der Waals surface area contributed by atoms with Crippen LogP contribution in [-0.2, 0) is 0 Å². The third kappa shape index (κ3) is 1.62. The van der Waals surface area contributed by atoms with Crippen LogP contribution in [0.15, 0.2) is 42.5 Å². The van der Waals surface area contributed by atoms with Crippen molar-refractivity contribution in [3.63, 3.8) is 0 Å². The molecule has 1 aromatic heterocycles. The summed E-state index contributed by atoms with van der Waals surface area (Å²) >= 11 is 0. The summed E-state index contributed by atoms with van der Waals surface area (Å²) in [5, 5.41) is 26.4. The number of benzene rings is 2. The molecular weight excluding hydrogens is 238 g/mol. The molecule has 5 nitrogen and oxygen atoms in total. The number of aromatic nitrogens is 3. The molecular formula is C14H7N5. The molecule has 5 heteroatoms. The van der Waals surface area contributed by atoms with Gasteiger partial charge in [0.2, 0.25) is 0 Å². The zero-order valence-electron chi connectivity index (χ0n) is 9.78. The van der Waals surface area contributed by atoms with Crippen LogP contribution in [0.3, 0.4) is 0 Å². The van der Waals surface area contributed by atoms with Crippen LogP contribution < -0.4 is 0 Å². The maximum Gasteiger partial charge on any atom is 0.113 e. The second-order valence-corrected chi connectivity index (χ2v) is 3.91. The summed E-state index contributed by atoms with van der Waals surface area (Å²) in [6.45, 7) is 0. The van der Waals surface area contributed by atoms with Gasteiger partial charge in [-0.25, -0.2) is 4.68 Å². The van der Waals surface area contributed by atoms with E-state index in [9.17, 15) is 5.26 Å². The maximum absolute atomic E-state index is 9.24. The van der Waals surface area contributed by atoms with Crippen LogP contribution in [0.5, 0.6) is 0 Å². The molecule has 0 saturated carbocycles. The zero-order chi connectivity index (χ0) is 13.2. The van der Waals surface area contributed by atoms with Crippen LogP contribution in [0, 0.1) is 22.7 Å². The monoisotopic (exact) mass is 245 g/mol. The summed E-state index contributed by atoms with van der Waals surface area (Å²) in [6.07, 6.45) is 0. The first-order chi connectivity index (χ1) is 9.35. The second kappa shape index (κ2) is 4.25. The van der Waals surface area contributed by atoms with Gasteiger partial charge >= 0.3 is 0 Å². The van der Waals surface area contributed by atoms with Crippen molar-refractivity contribution in [3.8, 4) is 17.8 Å². The highest BCUT2D eigenvalue weighted by molar-refractivity contribution is 5.77. The van der Waals surface area contributed by atoms with Gasteiger partial charge in [0.1, 0.15) is 17.7 Å². The summed E-state index contributed by atoms with van der Waals surface area (Å²) in [6, 6.07) is 16.6. The number of fused-ring (bicyclic) bond motifs is 1. The van der Waals surface area contributed by atoms with Crippen LogP contribution in [-0.4, -0.2) is 15.0 Å². The highest BCUT2D eigenvalue weighted by Crippen LogP contribution is 2.21. The van der Waals surface area contributed by atoms with Crippen molar-refractivity contribution in [1.82, 2.24) is 15.0 Å². The fourth-order valence-corrected chi connectivity index (χ4v) is 1.97.